The van der Waals surface area contributed by atoms with Gasteiger partial charge in [-0.15, -0.1) is 0 Å². The van der Waals surface area contributed by atoms with Gasteiger partial charge in [0.1, 0.15) is 5.57 Å². The van der Waals surface area contributed by atoms with E-state index in [1.54, 1.807) is 12.1 Å². The lowest BCUT2D eigenvalue weighted by molar-refractivity contribution is -0.122. The van der Waals surface area contributed by atoms with Crippen molar-refractivity contribution in [2.75, 3.05) is 19.1 Å². The number of nitrogens with one attached hydrogen (secondary N) is 1. The van der Waals surface area contributed by atoms with Crippen LogP contribution in [0.2, 0.25) is 5.02 Å². The Bertz CT molecular complexity index is 1060. The summed E-state index contributed by atoms with van der Waals surface area (Å²) in [5.41, 5.74) is 2.78. The Morgan fingerprint density at radius 3 is 2.38 bits per heavy atom. The smallest absolute Gasteiger partial charge is 0.270 e. The first kappa shape index (κ1) is 20.8. The van der Waals surface area contributed by atoms with E-state index in [4.69, 9.17) is 33.3 Å². The van der Waals surface area contributed by atoms with Gasteiger partial charge >= 0.3 is 0 Å². The zero-order chi connectivity index (χ0) is 21.3. The lowest BCUT2D eigenvalue weighted by Gasteiger charge is -2.30. The number of hydrogen-bond donors (Lipinski definition) is 1. The predicted octanol–water partition coefficient (Wildman–Crippen LogP) is 3.81. The number of benzene rings is 2. The molecule has 2 aromatic rings. The molecule has 8 heteroatoms. The van der Waals surface area contributed by atoms with Crippen LogP contribution in [-0.2, 0) is 9.59 Å². The number of methoxy groups -OCH3 is 2. The second kappa shape index (κ2) is 8.23. The largest absolute Gasteiger partial charge is 0.493 e. The highest BCUT2D eigenvalue weighted by molar-refractivity contribution is 7.80. The molecule has 0 aliphatic carbocycles. The van der Waals surface area contributed by atoms with Crippen LogP contribution in [0.5, 0.6) is 11.5 Å². The van der Waals surface area contributed by atoms with Gasteiger partial charge in [-0.3, -0.25) is 19.8 Å². The van der Waals surface area contributed by atoms with E-state index < -0.39 is 11.8 Å². The van der Waals surface area contributed by atoms with Crippen LogP contribution in [-0.4, -0.2) is 31.1 Å². The molecule has 1 saturated heterocycles. The molecule has 6 nitrogen and oxygen atoms in total. The van der Waals surface area contributed by atoms with Crippen LogP contribution in [0.25, 0.3) is 6.08 Å². The molecule has 2 aromatic carbocycles. The highest BCUT2D eigenvalue weighted by Gasteiger charge is 2.35. The zero-order valence-corrected chi connectivity index (χ0v) is 17.9. The highest BCUT2D eigenvalue weighted by atomic mass is 35.5. The normalized spacial score (nSPS) is 15.6. The maximum absolute atomic E-state index is 13.2. The number of aryl methyl sites for hydroxylation is 2. The summed E-state index contributed by atoms with van der Waals surface area (Å²) in [5.74, 6) is -0.253. The van der Waals surface area contributed by atoms with Gasteiger partial charge in [-0.05, 0) is 61.0 Å². The first-order valence-corrected chi connectivity index (χ1v) is 9.45. The van der Waals surface area contributed by atoms with Crippen molar-refractivity contribution < 1.29 is 19.1 Å². The Morgan fingerprint density at radius 1 is 1.07 bits per heavy atom. The molecule has 29 heavy (non-hydrogen) atoms. The van der Waals surface area contributed by atoms with Gasteiger partial charge in [0.15, 0.2) is 16.6 Å². The second-order valence-electron chi connectivity index (χ2n) is 6.48. The molecular weight excluding hydrogens is 412 g/mol. The molecule has 1 aliphatic rings. The molecule has 0 atom stereocenters. The highest BCUT2D eigenvalue weighted by Crippen LogP contribution is 2.35. The molecule has 0 aromatic heterocycles. The van der Waals surface area contributed by atoms with Crippen LogP contribution >= 0.6 is 23.8 Å². The Labute approximate surface area is 179 Å². The van der Waals surface area contributed by atoms with Crippen LogP contribution in [0, 0.1) is 13.8 Å². The monoisotopic (exact) mass is 430 g/mol. The van der Waals surface area contributed by atoms with Crippen molar-refractivity contribution in [3.63, 3.8) is 0 Å². The Kier molecular flexibility index (Phi) is 5.91. The fourth-order valence-electron chi connectivity index (χ4n) is 2.97. The SMILES string of the molecule is COc1cc(Cl)c(/C=C2\C(=O)NC(=S)N(c3cc(C)ccc3C)C2=O)cc1OC. The van der Waals surface area contributed by atoms with Crippen molar-refractivity contribution in [3.05, 3.63) is 57.6 Å². The van der Waals surface area contributed by atoms with Crippen LogP contribution in [0.3, 0.4) is 0 Å². The molecular formula is C21H19ClN2O4S. The number of amides is 2. The number of thiocarbonyl (C=S) groups is 1. The van der Waals surface area contributed by atoms with E-state index in [2.05, 4.69) is 5.32 Å². The van der Waals surface area contributed by atoms with Gasteiger partial charge in [0.05, 0.1) is 24.9 Å². The number of halogens is 1. The number of anilines is 1. The molecule has 2 amide bonds. The van der Waals surface area contributed by atoms with E-state index in [9.17, 15) is 9.59 Å². The predicted molar refractivity (Wildman–Crippen MR) is 117 cm³/mol. The third-order valence-corrected chi connectivity index (χ3v) is 5.12. The van der Waals surface area contributed by atoms with Gasteiger partial charge < -0.3 is 9.47 Å². The van der Waals surface area contributed by atoms with Crippen LogP contribution in [0.1, 0.15) is 16.7 Å². The summed E-state index contributed by atoms with van der Waals surface area (Å²) in [6.07, 6.45) is 1.42. The summed E-state index contributed by atoms with van der Waals surface area (Å²) in [5, 5.41) is 2.92. The van der Waals surface area contributed by atoms with Crippen molar-refractivity contribution in [3.8, 4) is 11.5 Å². The molecule has 1 heterocycles. The summed E-state index contributed by atoms with van der Waals surface area (Å²) >= 11 is 11.6. The van der Waals surface area contributed by atoms with E-state index in [1.807, 2.05) is 32.0 Å². The third-order valence-electron chi connectivity index (χ3n) is 4.51. The number of carbonyl (C=O) groups excluding carboxylic acids is 2. The standard InChI is InChI=1S/C21H19ClN2O4S/c1-11-5-6-12(2)16(7-11)24-20(26)14(19(25)23-21(24)29)8-13-9-17(27-3)18(28-4)10-15(13)22/h5-10H,1-4H3,(H,23,25,29)/b14-8+. The number of hydrogen-bond acceptors (Lipinski definition) is 5. The van der Waals surface area contributed by atoms with Crippen LogP contribution < -0.4 is 19.7 Å². The molecule has 0 spiro atoms. The molecule has 150 valence electrons. The minimum atomic E-state index is -0.590. The molecule has 0 unspecified atom stereocenters. The maximum atomic E-state index is 13.2. The first-order valence-electron chi connectivity index (χ1n) is 8.67. The Balaban J connectivity index is 2.10. The van der Waals surface area contributed by atoms with Gasteiger partial charge in [-0.1, -0.05) is 23.7 Å². The maximum Gasteiger partial charge on any atom is 0.270 e. The Morgan fingerprint density at radius 2 is 1.72 bits per heavy atom. The van der Waals surface area contributed by atoms with Crippen molar-refractivity contribution in [1.82, 2.24) is 5.32 Å². The second-order valence-corrected chi connectivity index (χ2v) is 7.27. The number of carbonyl (C=O) groups is 2. The fraction of sp³-hybridized carbons (Fsp3) is 0.190. The van der Waals surface area contributed by atoms with E-state index in [0.29, 0.717) is 27.8 Å². The lowest BCUT2D eigenvalue weighted by atomic mass is 10.0. The molecule has 0 saturated carbocycles. The molecule has 1 N–H and O–H groups in total. The molecule has 3 rings (SSSR count). The minimum absolute atomic E-state index is 0.0317. The van der Waals surface area contributed by atoms with E-state index in [1.165, 1.54) is 25.2 Å². The summed E-state index contributed by atoms with van der Waals surface area (Å²) in [6, 6.07) is 8.84. The van der Waals surface area contributed by atoms with Crippen LogP contribution in [0.15, 0.2) is 35.9 Å². The number of nitrogens with zero attached hydrogens (tertiary/aromatic N) is 1. The van der Waals surface area contributed by atoms with Crippen LogP contribution in [0.4, 0.5) is 5.69 Å². The van der Waals surface area contributed by atoms with E-state index in [-0.39, 0.29) is 10.7 Å². The average Bonchev–Trinajstić information content (AvgIpc) is 2.68. The minimum Gasteiger partial charge on any atom is -0.493 e. The van der Waals surface area contributed by atoms with Crippen molar-refractivity contribution in [1.29, 1.82) is 0 Å². The van der Waals surface area contributed by atoms with E-state index in [0.717, 1.165) is 11.1 Å². The summed E-state index contributed by atoms with van der Waals surface area (Å²) in [6.45, 7) is 3.79. The summed E-state index contributed by atoms with van der Waals surface area (Å²) < 4.78 is 10.5. The van der Waals surface area contributed by atoms with Crippen molar-refractivity contribution in [2.45, 2.75) is 13.8 Å². The number of rotatable bonds is 4. The molecule has 1 aliphatic heterocycles. The van der Waals surface area contributed by atoms with Gasteiger partial charge in [0.25, 0.3) is 11.8 Å². The van der Waals surface area contributed by atoms with E-state index >= 15 is 0 Å². The molecule has 0 radical (unpaired) electrons. The third kappa shape index (κ3) is 3.97. The van der Waals surface area contributed by atoms with Gasteiger partial charge in [-0.25, -0.2) is 0 Å². The molecule has 1 fully saturated rings. The van der Waals surface area contributed by atoms with Gasteiger partial charge in [0, 0.05) is 6.07 Å². The quantitative estimate of drug-likeness (QED) is 0.454. The zero-order valence-electron chi connectivity index (χ0n) is 16.3. The van der Waals surface area contributed by atoms with Gasteiger partial charge in [0.2, 0.25) is 0 Å². The lowest BCUT2D eigenvalue weighted by Crippen LogP contribution is -2.54. The average molecular weight is 431 g/mol. The van der Waals surface area contributed by atoms with Crippen molar-refractivity contribution in [2.24, 2.45) is 0 Å². The summed E-state index contributed by atoms with van der Waals surface area (Å²) in [7, 11) is 2.98. The van der Waals surface area contributed by atoms with Gasteiger partial charge in [-0.2, -0.15) is 0 Å². The van der Waals surface area contributed by atoms with Crippen molar-refractivity contribution >= 4 is 52.5 Å². The number of ether oxygens (including phenoxy) is 2. The first-order chi connectivity index (χ1) is 13.8. The summed E-state index contributed by atoms with van der Waals surface area (Å²) in [4.78, 5) is 27.1. The fourth-order valence-corrected chi connectivity index (χ4v) is 3.45. The Hall–Kier alpha value is -2.90. The molecule has 0 bridgehead atoms. The topological polar surface area (TPSA) is 67.9 Å².